The number of hydrogen-bond donors (Lipinski definition) is 1. The standard InChI is InChI=1S/C23H20N4O2S/c1-29-20-8-5-17(6-9-20)4-7-19-16-30-23(25-19)26-22(28)21-3-2-14-27(21)15-18-10-12-24-13-11-18/h2-14,16H,15H2,1H3,(H,25,26,28)/b7-4+. The molecule has 150 valence electrons. The van der Waals surface area contributed by atoms with E-state index in [2.05, 4.69) is 15.3 Å². The van der Waals surface area contributed by atoms with E-state index in [9.17, 15) is 4.79 Å². The molecule has 3 aromatic heterocycles. The molecule has 0 fully saturated rings. The van der Waals surface area contributed by atoms with Crippen LogP contribution >= 0.6 is 11.3 Å². The Bertz CT molecular complexity index is 1150. The number of carbonyl (C=O) groups excluding carboxylic acids is 1. The molecule has 1 amide bonds. The summed E-state index contributed by atoms with van der Waals surface area (Å²) in [6.07, 6.45) is 9.27. The third-order valence-electron chi connectivity index (χ3n) is 4.47. The normalized spacial score (nSPS) is 11.0. The van der Waals surface area contributed by atoms with E-state index < -0.39 is 0 Å². The summed E-state index contributed by atoms with van der Waals surface area (Å²) >= 11 is 1.39. The fourth-order valence-corrected chi connectivity index (χ4v) is 3.59. The number of benzene rings is 1. The van der Waals surface area contributed by atoms with E-state index in [4.69, 9.17) is 4.74 Å². The number of anilines is 1. The van der Waals surface area contributed by atoms with Crippen molar-refractivity contribution in [3.63, 3.8) is 0 Å². The van der Waals surface area contributed by atoms with Crippen LogP contribution in [0.4, 0.5) is 5.13 Å². The summed E-state index contributed by atoms with van der Waals surface area (Å²) in [5.74, 6) is 0.633. The smallest absolute Gasteiger partial charge is 0.274 e. The number of nitrogens with one attached hydrogen (secondary N) is 1. The third kappa shape index (κ3) is 4.82. The molecule has 1 N–H and O–H groups in total. The number of pyridine rings is 1. The third-order valence-corrected chi connectivity index (χ3v) is 5.25. The molecule has 0 bridgehead atoms. The van der Waals surface area contributed by atoms with Gasteiger partial charge in [-0.3, -0.25) is 15.1 Å². The van der Waals surface area contributed by atoms with Crippen molar-refractivity contribution in [2.45, 2.75) is 6.54 Å². The number of aromatic nitrogens is 3. The minimum Gasteiger partial charge on any atom is -0.497 e. The molecule has 0 radical (unpaired) electrons. The molecule has 1 aromatic carbocycles. The first-order valence-corrected chi connectivity index (χ1v) is 10.2. The Morgan fingerprint density at radius 2 is 1.93 bits per heavy atom. The Kier molecular flexibility index (Phi) is 6.01. The SMILES string of the molecule is COc1ccc(/C=C/c2csc(NC(=O)c3cccn3Cc3ccncc3)n2)cc1. The molecule has 0 aliphatic carbocycles. The van der Waals surface area contributed by atoms with Gasteiger partial charge in [0, 0.05) is 30.5 Å². The number of amides is 1. The van der Waals surface area contributed by atoms with E-state index in [1.807, 2.05) is 70.8 Å². The maximum absolute atomic E-state index is 12.7. The first-order valence-electron chi connectivity index (χ1n) is 9.34. The van der Waals surface area contributed by atoms with Crippen LogP contribution in [0.5, 0.6) is 5.75 Å². The lowest BCUT2D eigenvalue weighted by atomic mass is 10.2. The average Bonchev–Trinajstić information content (AvgIpc) is 3.43. The Hall–Kier alpha value is -3.71. The van der Waals surface area contributed by atoms with Gasteiger partial charge in [0.05, 0.1) is 12.8 Å². The highest BCUT2D eigenvalue weighted by Gasteiger charge is 2.13. The monoisotopic (exact) mass is 416 g/mol. The summed E-state index contributed by atoms with van der Waals surface area (Å²) in [4.78, 5) is 21.2. The van der Waals surface area contributed by atoms with Gasteiger partial charge < -0.3 is 9.30 Å². The van der Waals surface area contributed by atoms with Crippen LogP contribution in [0.15, 0.2) is 72.5 Å². The first-order chi connectivity index (χ1) is 14.7. The molecule has 0 saturated carbocycles. The van der Waals surface area contributed by atoms with Gasteiger partial charge in [-0.15, -0.1) is 11.3 Å². The molecule has 0 aliphatic heterocycles. The minimum absolute atomic E-state index is 0.186. The molecule has 0 unspecified atom stereocenters. The molecular formula is C23H20N4O2S. The van der Waals surface area contributed by atoms with Crippen LogP contribution in [0.25, 0.3) is 12.2 Å². The van der Waals surface area contributed by atoms with Crippen LogP contribution < -0.4 is 10.1 Å². The molecule has 30 heavy (non-hydrogen) atoms. The quantitative estimate of drug-likeness (QED) is 0.469. The molecular weight excluding hydrogens is 396 g/mol. The van der Waals surface area contributed by atoms with Gasteiger partial charge in [-0.05, 0) is 53.6 Å². The summed E-state index contributed by atoms with van der Waals surface area (Å²) in [7, 11) is 1.64. The van der Waals surface area contributed by atoms with Crippen molar-refractivity contribution >= 4 is 34.5 Å². The van der Waals surface area contributed by atoms with E-state index in [0.29, 0.717) is 17.4 Å². The van der Waals surface area contributed by atoms with Gasteiger partial charge in [0.2, 0.25) is 0 Å². The van der Waals surface area contributed by atoms with Gasteiger partial charge in [0.15, 0.2) is 5.13 Å². The van der Waals surface area contributed by atoms with E-state index in [1.165, 1.54) is 11.3 Å². The van der Waals surface area contributed by atoms with Gasteiger partial charge in [-0.2, -0.15) is 0 Å². The van der Waals surface area contributed by atoms with Gasteiger partial charge >= 0.3 is 0 Å². The number of methoxy groups -OCH3 is 1. The fourth-order valence-electron chi connectivity index (χ4n) is 2.92. The summed E-state index contributed by atoms with van der Waals surface area (Å²) in [5.41, 5.74) is 3.49. The highest BCUT2D eigenvalue weighted by molar-refractivity contribution is 7.14. The number of thiazole rings is 1. The maximum Gasteiger partial charge on any atom is 0.274 e. The van der Waals surface area contributed by atoms with Gasteiger partial charge in [0.25, 0.3) is 5.91 Å². The van der Waals surface area contributed by atoms with Crippen LogP contribution in [-0.2, 0) is 6.54 Å². The highest BCUT2D eigenvalue weighted by Crippen LogP contribution is 2.20. The Labute approximate surface area is 178 Å². The largest absolute Gasteiger partial charge is 0.497 e. The Morgan fingerprint density at radius 1 is 1.13 bits per heavy atom. The number of ether oxygens (including phenoxy) is 1. The second kappa shape index (κ2) is 9.19. The molecule has 0 saturated heterocycles. The van der Waals surface area contributed by atoms with Crippen molar-refractivity contribution in [1.82, 2.24) is 14.5 Å². The molecule has 4 rings (SSSR count). The number of hydrogen-bond acceptors (Lipinski definition) is 5. The number of rotatable bonds is 7. The summed E-state index contributed by atoms with van der Waals surface area (Å²) < 4.78 is 7.07. The van der Waals surface area contributed by atoms with Crippen LogP contribution in [0.2, 0.25) is 0 Å². The molecule has 0 spiro atoms. The molecule has 7 heteroatoms. The lowest BCUT2D eigenvalue weighted by molar-refractivity contribution is 0.101. The zero-order chi connectivity index (χ0) is 20.8. The van der Waals surface area contributed by atoms with E-state index in [-0.39, 0.29) is 5.91 Å². The number of nitrogens with zero attached hydrogens (tertiary/aromatic N) is 3. The van der Waals surface area contributed by atoms with Crippen LogP contribution in [0, 0.1) is 0 Å². The molecule has 0 aliphatic rings. The molecule has 3 heterocycles. The van der Waals surface area contributed by atoms with Crippen molar-refractivity contribution in [1.29, 1.82) is 0 Å². The predicted molar refractivity (Wildman–Crippen MR) is 120 cm³/mol. The second-order valence-electron chi connectivity index (χ2n) is 6.51. The summed E-state index contributed by atoms with van der Waals surface area (Å²) in [5, 5.41) is 5.36. The van der Waals surface area contributed by atoms with Crippen molar-refractivity contribution in [3.8, 4) is 5.75 Å². The summed E-state index contributed by atoms with van der Waals surface area (Å²) in [6, 6.07) is 15.3. The lowest BCUT2D eigenvalue weighted by Gasteiger charge is -2.08. The van der Waals surface area contributed by atoms with Gasteiger partial charge in [-0.1, -0.05) is 18.2 Å². The first kappa shape index (κ1) is 19.6. The Morgan fingerprint density at radius 3 is 2.70 bits per heavy atom. The minimum atomic E-state index is -0.186. The lowest BCUT2D eigenvalue weighted by Crippen LogP contribution is -2.17. The van der Waals surface area contributed by atoms with Crippen LogP contribution in [-0.4, -0.2) is 27.6 Å². The van der Waals surface area contributed by atoms with Gasteiger partial charge in [0.1, 0.15) is 11.4 Å². The topological polar surface area (TPSA) is 69.0 Å². The zero-order valence-electron chi connectivity index (χ0n) is 16.4. The van der Waals surface area contributed by atoms with Crippen LogP contribution in [0.3, 0.4) is 0 Å². The van der Waals surface area contributed by atoms with E-state index >= 15 is 0 Å². The van der Waals surface area contributed by atoms with Crippen molar-refractivity contribution in [2.75, 3.05) is 12.4 Å². The Balaban J connectivity index is 1.41. The maximum atomic E-state index is 12.7. The molecule has 6 nitrogen and oxygen atoms in total. The fraction of sp³-hybridized carbons (Fsp3) is 0.0870. The molecule has 4 aromatic rings. The van der Waals surface area contributed by atoms with E-state index in [1.54, 1.807) is 25.6 Å². The molecule has 0 atom stereocenters. The van der Waals surface area contributed by atoms with E-state index in [0.717, 1.165) is 22.6 Å². The van der Waals surface area contributed by atoms with Crippen molar-refractivity contribution < 1.29 is 9.53 Å². The van der Waals surface area contributed by atoms with Crippen molar-refractivity contribution in [3.05, 3.63) is 95.0 Å². The predicted octanol–water partition coefficient (Wildman–Crippen LogP) is 4.82. The van der Waals surface area contributed by atoms with Crippen LogP contribution in [0.1, 0.15) is 27.3 Å². The highest BCUT2D eigenvalue weighted by atomic mass is 32.1. The number of carbonyl (C=O) groups is 1. The average molecular weight is 417 g/mol. The zero-order valence-corrected chi connectivity index (χ0v) is 17.2. The summed E-state index contributed by atoms with van der Waals surface area (Å²) in [6.45, 7) is 0.603. The van der Waals surface area contributed by atoms with Gasteiger partial charge in [-0.25, -0.2) is 4.98 Å². The second-order valence-corrected chi connectivity index (χ2v) is 7.37. The van der Waals surface area contributed by atoms with Crippen molar-refractivity contribution in [2.24, 2.45) is 0 Å².